The molecule has 1 saturated heterocycles. The SMILES string of the molecule is CC[C@@H](C)[C@H](N)C(=O)Nc1ccc(-c2ccnc(Nc3ccc(N4CCOCC4)cc3)n2)cc1. The molecule has 1 amide bonds. The van der Waals surface area contributed by atoms with Crippen molar-refractivity contribution in [2.24, 2.45) is 11.7 Å². The van der Waals surface area contributed by atoms with Gasteiger partial charge in [0.2, 0.25) is 11.9 Å². The molecule has 3 aromatic rings. The number of ether oxygens (including phenoxy) is 1. The maximum atomic E-state index is 12.3. The quantitative estimate of drug-likeness (QED) is 0.466. The molecule has 1 aliphatic heterocycles. The summed E-state index contributed by atoms with van der Waals surface area (Å²) >= 11 is 0. The maximum absolute atomic E-state index is 12.3. The number of carbonyl (C=O) groups excluding carboxylic acids is 1. The van der Waals surface area contributed by atoms with E-state index in [1.807, 2.05) is 56.3 Å². The van der Waals surface area contributed by atoms with Crippen LogP contribution in [0.1, 0.15) is 20.3 Å². The zero-order chi connectivity index (χ0) is 23.9. The third kappa shape index (κ3) is 5.89. The Morgan fingerprint density at radius 1 is 1.06 bits per heavy atom. The summed E-state index contributed by atoms with van der Waals surface area (Å²) in [5, 5.41) is 6.16. The number of hydrogen-bond donors (Lipinski definition) is 3. The van der Waals surface area contributed by atoms with E-state index < -0.39 is 6.04 Å². The largest absolute Gasteiger partial charge is 0.378 e. The highest BCUT2D eigenvalue weighted by Gasteiger charge is 2.19. The molecule has 0 aliphatic carbocycles. The van der Waals surface area contributed by atoms with Crippen LogP contribution in [0, 0.1) is 5.92 Å². The molecule has 8 heteroatoms. The van der Waals surface area contributed by atoms with Crippen molar-refractivity contribution in [2.75, 3.05) is 41.8 Å². The maximum Gasteiger partial charge on any atom is 0.241 e. The van der Waals surface area contributed by atoms with Gasteiger partial charge in [-0.15, -0.1) is 0 Å². The Hall–Kier alpha value is -3.49. The highest BCUT2D eigenvalue weighted by atomic mass is 16.5. The molecule has 0 bridgehead atoms. The summed E-state index contributed by atoms with van der Waals surface area (Å²) in [5.41, 5.74) is 10.6. The van der Waals surface area contributed by atoms with Gasteiger partial charge in [0.05, 0.1) is 24.9 Å². The predicted octanol–water partition coefficient (Wildman–Crippen LogP) is 4.04. The number of nitrogens with one attached hydrogen (secondary N) is 2. The lowest BCUT2D eigenvalue weighted by molar-refractivity contribution is -0.118. The van der Waals surface area contributed by atoms with Crippen LogP contribution < -0.4 is 21.3 Å². The van der Waals surface area contributed by atoms with Gasteiger partial charge < -0.3 is 26.0 Å². The Balaban J connectivity index is 1.39. The molecule has 1 aromatic heterocycles. The first-order chi connectivity index (χ1) is 16.5. The first kappa shape index (κ1) is 23.7. The third-order valence-electron chi connectivity index (χ3n) is 6.16. The van der Waals surface area contributed by atoms with Gasteiger partial charge in [-0.25, -0.2) is 9.97 Å². The predicted molar refractivity (Wildman–Crippen MR) is 136 cm³/mol. The summed E-state index contributed by atoms with van der Waals surface area (Å²) in [5.74, 6) is 0.477. The fourth-order valence-electron chi connectivity index (χ4n) is 3.75. The molecule has 1 fully saturated rings. The Bertz CT molecular complexity index is 1080. The third-order valence-corrected chi connectivity index (χ3v) is 6.16. The number of nitrogens with zero attached hydrogens (tertiary/aromatic N) is 3. The zero-order valence-corrected chi connectivity index (χ0v) is 19.7. The molecular formula is C26H32N6O2. The Labute approximate surface area is 200 Å². The van der Waals surface area contributed by atoms with Gasteiger partial charge in [0.25, 0.3) is 0 Å². The average Bonchev–Trinajstić information content (AvgIpc) is 2.89. The molecule has 2 heterocycles. The van der Waals surface area contributed by atoms with Crippen molar-refractivity contribution >= 4 is 28.9 Å². The lowest BCUT2D eigenvalue weighted by Gasteiger charge is -2.28. The second-order valence-corrected chi connectivity index (χ2v) is 8.51. The summed E-state index contributed by atoms with van der Waals surface area (Å²) in [6, 6.07) is 17.1. The van der Waals surface area contributed by atoms with Gasteiger partial charge in [0.1, 0.15) is 0 Å². The summed E-state index contributed by atoms with van der Waals surface area (Å²) in [6.45, 7) is 7.35. The van der Waals surface area contributed by atoms with Crippen molar-refractivity contribution < 1.29 is 9.53 Å². The van der Waals surface area contributed by atoms with Crippen molar-refractivity contribution in [3.8, 4) is 11.3 Å². The lowest BCUT2D eigenvalue weighted by Crippen LogP contribution is -2.40. The Kier molecular flexibility index (Phi) is 7.72. The van der Waals surface area contributed by atoms with Gasteiger partial charge in [-0.2, -0.15) is 0 Å². The van der Waals surface area contributed by atoms with Crippen molar-refractivity contribution in [3.05, 3.63) is 60.8 Å². The molecule has 4 rings (SSSR count). The summed E-state index contributed by atoms with van der Waals surface area (Å²) in [6.07, 6.45) is 2.59. The van der Waals surface area contributed by atoms with Crippen LogP contribution in [0.15, 0.2) is 60.8 Å². The van der Waals surface area contributed by atoms with E-state index in [1.165, 1.54) is 5.69 Å². The molecule has 1 aliphatic rings. The number of amides is 1. The fraction of sp³-hybridized carbons (Fsp3) is 0.346. The van der Waals surface area contributed by atoms with E-state index in [-0.39, 0.29) is 11.8 Å². The van der Waals surface area contributed by atoms with E-state index in [0.29, 0.717) is 11.6 Å². The molecule has 8 nitrogen and oxygen atoms in total. The summed E-state index contributed by atoms with van der Waals surface area (Å²) in [4.78, 5) is 23.6. The molecule has 0 spiro atoms. The number of aromatic nitrogens is 2. The molecular weight excluding hydrogens is 428 g/mol. The number of hydrogen-bond acceptors (Lipinski definition) is 7. The van der Waals surface area contributed by atoms with E-state index >= 15 is 0 Å². The molecule has 2 atom stereocenters. The van der Waals surface area contributed by atoms with Crippen molar-refractivity contribution in [3.63, 3.8) is 0 Å². The minimum absolute atomic E-state index is 0.127. The van der Waals surface area contributed by atoms with Crippen LogP contribution in [-0.4, -0.2) is 48.2 Å². The van der Waals surface area contributed by atoms with E-state index in [0.717, 1.165) is 49.7 Å². The van der Waals surface area contributed by atoms with Gasteiger partial charge in [-0.3, -0.25) is 4.79 Å². The van der Waals surface area contributed by atoms with E-state index in [4.69, 9.17) is 10.5 Å². The minimum atomic E-state index is -0.525. The second-order valence-electron chi connectivity index (χ2n) is 8.51. The standard InChI is InChI=1S/C26H32N6O2/c1-3-18(2)24(27)25(33)29-20-6-4-19(5-7-20)23-12-13-28-26(31-23)30-21-8-10-22(11-9-21)32-14-16-34-17-15-32/h4-13,18,24H,3,14-17,27H2,1-2H3,(H,29,33)(H,28,30,31)/t18-,24+/m1/s1. The van der Waals surface area contributed by atoms with E-state index in [1.54, 1.807) is 6.20 Å². The van der Waals surface area contributed by atoms with Crippen molar-refractivity contribution in [1.29, 1.82) is 0 Å². The lowest BCUT2D eigenvalue weighted by atomic mass is 9.99. The first-order valence-electron chi connectivity index (χ1n) is 11.7. The number of morpholine rings is 1. The van der Waals surface area contributed by atoms with Crippen LogP contribution in [0.3, 0.4) is 0 Å². The van der Waals surface area contributed by atoms with Crippen molar-refractivity contribution in [1.82, 2.24) is 9.97 Å². The molecule has 0 unspecified atom stereocenters. The smallest absolute Gasteiger partial charge is 0.241 e. The number of carbonyl (C=O) groups is 1. The topological polar surface area (TPSA) is 105 Å². The fourth-order valence-corrected chi connectivity index (χ4v) is 3.75. The number of anilines is 4. The van der Waals surface area contributed by atoms with Crippen LogP contribution in [0.4, 0.5) is 23.0 Å². The van der Waals surface area contributed by atoms with Crippen LogP contribution in [0.2, 0.25) is 0 Å². The van der Waals surface area contributed by atoms with Gasteiger partial charge in [0, 0.05) is 41.9 Å². The van der Waals surface area contributed by atoms with Crippen LogP contribution in [0.25, 0.3) is 11.3 Å². The van der Waals surface area contributed by atoms with E-state index in [9.17, 15) is 4.79 Å². The minimum Gasteiger partial charge on any atom is -0.378 e. The molecule has 2 aromatic carbocycles. The average molecular weight is 461 g/mol. The monoisotopic (exact) mass is 460 g/mol. The highest BCUT2D eigenvalue weighted by molar-refractivity contribution is 5.95. The van der Waals surface area contributed by atoms with Crippen LogP contribution >= 0.6 is 0 Å². The first-order valence-corrected chi connectivity index (χ1v) is 11.7. The second kappa shape index (κ2) is 11.1. The molecule has 178 valence electrons. The molecule has 4 N–H and O–H groups in total. The molecule has 34 heavy (non-hydrogen) atoms. The number of benzene rings is 2. The van der Waals surface area contributed by atoms with E-state index in [2.05, 4.69) is 37.6 Å². The number of nitrogens with two attached hydrogens (primary N) is 1. The summed E-state index contributed by atoms with van der Waals surface area (Å²) < 4.78 is 5.42. The Morgan fingerprint density at radius 3 is 2.41 bits per heavy atom. The normalized spacial score (nSPS) is 15.4. The van der Waals surface area contributed by atoms with Crippen LogP contribution in [-0.2, 0) is 9.53 Å². The summed E-state index contributed by atoms with van der Waals surface area (Å²) in [7, 11) is 0. The van der Waals surface area contributed by atoms with Crippen LogP contribution in [0.5, 0.6) is 0 Å². The Morgan fingerprint density at radius 2 is 1.74 bits per heavy atom. The van der Waals surface area contributed by atoms with Gasteiger partial charge in [-0.05, 0) is 48.4 Å². The van der Waals surface area contributed by atoms with Gasteiger partial charge in [0.15, 0.2) is 0 Å². The van der Waals surface area contributed by atoms with Gasteiger partial charge in [-0.1, -0.05) is 32.4 Å². The highest BCUT2D eigenvalue weighted by Crippen LogP contribution is 2.23. The molecule has 0 radical (unpaired) electrons. The van der Waals surface area contributed by atoms with Gasteiger partial charge >= 0.3 is 0 Å². The zero-order valence-electron chi connectivity index (χ0n) is 19.7. The number of rotatable bonds is 8. The molecule has 0 saturated carbocycles. The van der Waals surface area contributed by atoms with Crippen molar-refractivity contribution in [2.45, 2.75) is 26.3 Å².